The van der Waals surface area contributed by atoms with Gasteiger partial charge in [0.05, 0.1) is 16.4 Å². The summed E-state index contributed by atoms with van der Waals surface area (Å²) in [6.45, 7) is 0. The fourth-order valence-corrected chi connectivity index (χ4v) is 7.99. The summed E-state index contributed by atoms with van der Waals surface area (Å²) in [5.41, 5.74) is 12.4. The summed E-state index contributed by atoms with van der Waals surface area (Å²) in [4.78, 5) is 19.2. The highest BCUT2D eigenvalue weighted by Crippen LogP contribution is 2.62. The summed E-state index contributed by atoms with van der Waals surface area (Å²) in [6, 6.07) is 47.1. The second-order valence-electron chi connectivity index (χ2n) is 11.4. The van der Waals surface area contributed by atoms with Gasteiger partial charge in [-0.25, -0.2) is 4.98 Å². The third kappa shape index (κ3) is 2.45. The molecule has 0 N–H and O–H groups in total. The van der Waals surface area contributed by atoms with Crippen molar-refractivity contribution in [2.24, 2.45) is 0 Å². The number of benzene rings is 6. The molecule has 2 aromatic heterocycles. The molecule has 0 amide bonds. The van der Waals surface area contributed by atoms with Crippen molar-refractivity contribution < 1.29 is 0 Å². The molecule has 0 unspecified atom stereocenters. The Morgan fingerprint density at radius 1 is 0.500 bits per heavy atom. The van der Waals surface area contributed by atoms with Gasteiger partial charge < -0.3 is 0 Å². The van der Waals surface area contributed by atoms with Crippen molar-refractivity contribution in [2.45, 2.75) is 5.41 Å². The van der Waals surface area contributed by atoms with Crippen molar-refractivity contribution >= 4 is 27.2 Å². The Kier molecular flexibility index (Phi) is 4.01. The zero-order chi connectivity index (χ0) is 27.6. The average molecular weight is 535 g/mol. The van der Waals surface area contributed by atoms with Gasteiger partial charge in [-0.05, 0) is 68.1 Å². The maximum atomic E-state index is 14.1. The number of nitrogens with zero attached hydrogens (tertiary/aromatic N) is 2. The molecule has 10 rings (SSSR count). The molecule has 3 heteroatoms. The number of rotatable bonds is 1. The van der Waals surface area contributed by atoms with Crippen LogP contribution in [0.15, 0.2) is 138 Å². The third-order valence-corrected chi connectivity index (χ3v) is 9.58. The predicted molar refractivity (Wildman–Crippen MR) is 169 cm³/mol. The van der Waals surface area contributed by atoms with Crippen molar-refractivity contribution in [3.8, 4) is 33.6 Å². The fraction of sp³-hybridized carbons (Fsp3) is 0.0256. The van der Waals surface area contributed by atoms with Gasteiger partial charge in [0.25, 0.3) is 5.56 Å². The van der Waals surface area contributed by atoms with Crippen LogP contribution in [0.1, 0.15) is 22.3 Å². The van der Waals surface area contributed by atoms with E-state index in [-0.39, 0.29) is 5.56 Å². The molecular weight excluding hydrogens is 512 g/mol. The molecule has 6 aromatic carbocycles. The number of fused-ring (bicyclic) bond motifs is 12. The highest BCUT2D eigenvalue weighted by molar-refractivity contribution is 6.11. The number of pyridine rings is 1. The lowest BCUT2D eigenvalue weighted by Gasteiger charge is -2.30. The number of hydrogen-bond acceptors (Lipinski definition) is 2. The largest absolute Gasteiger partial charge is 0.268 e. The first-order chi connectivity index (χ1) is 20.8. The lowest BCUT2D eigenvalue weighted by Crippen LogP contribution is -2.25. The van der Waals surface area contributed by atoms with Crippen LogP contribution in [0.3, 0.4) is 0 Å². The molecule has 0 bridgehead atoms. The van der Waals surface area contributed by atoms with Gasteiger partial charge in [0.15, 0.2) is 0 Å². The van der Waals surface area contributed by atoms with Gasteiger partial charge in [-0.3, -0.25) is 9.20 Å². The zero-order valence-electron chi connectivity index (χ0n) is 22.5. The van der Waals surface area contributed by atoms with Crippen LogP contribution in [-0.4, -0.2) is 9.38 Å². The van der Waals surface area contributed by atoms with Crippen molar-refractivity contribution in [1.82, 2.24) is 9.38 Å². The van der Waals surface area contributed by atoms with Crippen molar-refractivity contribution in [2.75, 3.05) is 0 Å². The van der Waals surface area contributed by atoms with E-state index in [9.17, 15) is 4.79 Å². The summed E-state index contributed by atoms with van der Waals surface area (Å²) in [5.74, 6) is 0.686. The van der Waals surface area contributed by atoms with Crippen molar-refractivity contribution in [1.29, 1.82) is 0 Å². The molecule has 2 heterocycles. The van der Waals surface area contributed by atoms with E-state index in [4.69, 9.17) is 4.98 Å². The molecule has 194 valence electrons. The second kappa shape index (κ2) is 7.59. The normalized spacial score (nSPS) is 14.0. The molecule has 3 nitrogen and oxygen atoms in total. The summed E-state index contributed by atoms with van der Waals surface area (Å²) in [6.07, 6.45) is 0. The van der Waals surface area contributed by atoms with E-state index in [0.29, 0.717) is 11.2 Å². The van der Waals surface area contributed by atoms with Crippen LogP contribution in [-0.2, 0) is 5.41 Å². The molecule has 0 saturated heterocycles. The van der Waals surface area contributed by atoms with Gasteiger partial charge in [-0.15, -0.1) is 0 Å². The van der Waals surface area contributed by atoms with Gasteiger partial charge in [0.1, 0.15) is 5.82 Å². The SMILES string of the molecule is O=c1c2ccccc2c2cccc3nc(-c4ccc5c(c4)C4(c6ccccc6-c6ccccc64)c4ccccc4-5)n1c32. The molecule has 0 fully saturated rings. The summed E-state index contributed by atoms with van der Waals surface area (Å²) < 4.78 is 1.83. The minimum Gasteiger partial charge on any atom is -0.268 e. The summed E-state index contributed by atoms with van der Waals surface area (Å²) in [5, 5.41) is 2.72. The van der Waals surface area contributed by atoms with E-state index >= 15 is 0 Å². The third-order valence-electron chi connectivity index (χ3n) is 9.58. The molecule has 0 atom stereocenters. The molecule has 1 spiro atoms. The summed E-state index contributed by atoms with van der Waals surface area (Å²) >= 11 is 0. The second-order valence-corrected chi connectivity index (χ2v) is 11.4. The number of aromatic nitrogens is 2. The van der Waals surface area contributed by atoms with E-state index in [1.165, 1.54) is 44.5 Å². The maximum absolute atomic E-state index is 14.1. The highest BCUT2D eigenvalue weighted by atomic mass is 16.1. The molecule has 0 radical (unpaired) electrons. The first-order valence-electron chi connectivity index (χ1n) is 14.4. The Bertz CT molecular complexity index is 2440. The standard InChI is InChI=1S/C39H22N2O/c42-38-30-14-2-1-10-24(30)29-15-9-19-35-36(29)41(38)37(40-35)23-20-21-28-27-13-5-8-18-33(27)39(34(28)22-23)31-16-6-3-11-25(31)26-12-4-7-17-32(26)39/h1-22H. The minimum absolute atomic E-state index is 0.0307. The highest BCUT2D eigenvalue weighted by Gasteiger charge is 2.51. The number of hydrogen-bond donors (Lipinski definition) is 0. The van der Waals surface area contributed by atoms with E-state index in [1.54, 1.807) is 0 Å². The molecule has 42 heavy (non-hydrogen) atoms. The smallest absolute Gasteiger partial charge is 0.264 e. The Hall–Kier alpha value is -5.54. The molecule has 0 aliphatic heterocycles. The quantitative estimate of drug-likeness (QED) is 0.198. The zero-order valence-corrected chi connectivity index (χ0v) is 22.5. The molecule has 8 aromatic rings. The average Bonchev–Trinajstić information content (AvgIpc) is 3.68. The maximum Gasteiger partial charge on any atom is 0.264 e. The Morgan fingerprint density at radius 3 is 1.71 bits per heavy atom. The van der Waals surface area contributed by atoms with E-state index in [0.717, 1.165) is 27.4 Å². The molecular formula is C39H22N2O. The van der Waals surface area contributed by atoms with Crippen molar-refractivity contribution in [3.05, 3.63) is 166 Å². The number of para-hydroxylation sites is 1. The van der Waals surface area contributed by atoms with Gasteiger partial charge in [0.2, 0.25) is 0 Å². The van der Waals surface area contributed by atoms with E-state index < -0.39 is 5.41 Å². The Morgan fingerprint density at radius 2 is 1.05 bits per heavy atom. The van der Waals surface area contributed by atoms with E-state index in [1.807, 2.05) is 40.8 Å². The lowest BCUT2D eigenvalue weighted by molar-refractivity contribution is 0.794. The predicted octanol–water partition coefficient (Wildman–Crippen LogP) is 8.45. The number of imidazole rings is 1. The first kappa shape index (κ1) is 22.2. The van der Waals surface area contributed by atoms with E-state index in [2.05, 4.69) is 97.1 Å². The van der Waals surface area contributed by atoms with Crippen LogP contribution in [0.2, 0.25) is 0 Å². The van der Waals surface area contributed by atoms with Gasteiger partial charge >= 0.3 is 0 Å². The van der Waals surface area contributed by atoms with Crippen LogP contribution >= 0.6 is 0 Å². The van der Waals surface area contributed by atoms with Crippen LogP contribution < -0.4 is 5.56 Å². The Labute approximate surface area is 241 Å². The van der Waals surface area contributed by atoms with Gasteiger partial charge in [-0.1, -0.05) is 115 Å². The Balaban J connectivity index is 1.34. The molecule has 0 saturated carbocycles. The molecule has 2 aliphatic carbocycles. The van der Waals surface area contributed by atoms with Gasteiger partial charge in [0, 0.05) is 16.3 Å². The first-order valence-corrected chi connectivity index (χ1v) is 14.4. The molecule has 2 aliphatic rings. The van der Waals surface area contributed by atoms with Crippen molar-refractivity contribution in [3.63, 3.8) is 0 Å². The van der Waals surface area contributed by atoms with Crippen LogP contribution in [0, 0.1) is 0 Å². The van der Waals surface area contributed by atoms with Crippen LogP contribution in [0.5, 0.6) is 0 Å². The topological polar surface area (TPSA) is 34.4 Å². The summed E-state index contributed by atoms with van der Waals surface area (Å²) in [7, 11) is 0. The van der Waals surface area contributed by atoms with Crippen LogP contribution in [0.4, 0.5) is 0 Å². The monoisotopic (exact) mass is 534 g/mol. The minimum atomic E-state index is -0.440. The van der Waals surface area contributed by atoms with Gasteiger partial charge in [-0.2, -0.15) is 0 Å². The fourth-order valence-electron chi connectivity index (χ4n) is 7.99. The lowest BCUT2D eigenvalue weighted by atomic mass is 9.70. The van der Waals surface area contributed by atoms with Crippen LogP contribution in [0.25, 0.3) is 60.8 Å².